The van der Waals surface area contributed by atoms with Crippen molar-refractivity contribution in [1.29, 1.82) is 0 Å². The minimum absolute atomic E-state index is 0.129. The fraction of sp³-hybridized carbons (Fsp3) is 0.304. The van der Waals surface area contributed by atoms with Crippen molar-refractivity contribution < 1.29 is 14.3 Å². The van der Waals surface area contributed by atoms with Gasteiger partial charge >= 0.3 is 5.97 Å². The number of carbonyl (C=O) groups excluding carboxylic acids is 2. The zero-order valence-corrected chi connectivity index (χ0v) is 17.8. The molecular weight excluding hydrogens is 396 g/mol. The zero-order valence-electron chi connectivity index (χ0n) is 17.8. The van der Waals surface area contributed by atoms with Crippen molar-refractivity contribution in [3.05, 3.63) is 70.3 Å². The second-order valence-corrected chi connectivity index (χ2v) is 7.41. The number of H-pyrrole nitrogens is 1. The summed E-state index contributed by atoms with van der Waals surface area (Å²) >= 11 is 0. The molecule has 0 aliphatic heterocycles. The van der Waals surface area contributed by atoms with Crippen molar-refractivity contribution in [3.63, 3.8) is 0 Å². The van der Waals surface area contributed by atoms with Crippen molar-refractivity contribution in [2.24, 2.45) is 0 Å². The number of hydrogen-bond donors (Lipinski definition) is 2. The molecule has 1 amide bonds. The normalized spacial score (nSPS) is 11.1. The first kappa shape index (κ1) is 22.2. The lowest BCUT2D eigenvalue weighted by atomic mass is 10.2. The average molecular weight is 422 g/mol. The fourth-order valence-corrected chi connectivity index (χ4v) is 3.08. The number of amides is 1. The van der Waals surface area contributed by atoms with Gasteiger partial charge in [-0.25, -0.2) is 9.78 Å². The lowest BCUT2D eigenvalue weighted by Crippen LogP contribution is -2.33. The van der Waals surface area contributed by atoms with Crippen molar-refractivity contribution in [2.75, 3.05) is 18.4 Å². The third-order valence-electron chi connectivity index (χ3n) is 4.60. The predicted molar refractivity (Wildman–Crippen MR) is 119 cm³/mol. The molecule has 8 heteroatoms. The van der Waals surface area contributed by atoms with Crippen LogP contribution in [0.25, 0.3) is 10.9 Å². The molecule has 3 aromatic rings. The van der Waals surface area contributed by atoms with E-state index in [4.69, 9.17) is 4.74 Å². The van der Waals surface area contributed by atoms with Gasteiger partial charge in [-0.3, -0.25) is 14.5 Å². The number of aromatic nitrogens is 2. The summed E-state index contributed by atoms with van der Waals surface area (Å²) in [6.07, 6.45) is -0.195. The first-order valence-electron chi connectivity index (χ1n) is 10.2. The van der Waals surface area contributed by atoms with E-state index >= 15 is 0 Å². The molecule has 0 spiro atoms. The van der Waals surface area contributed by atoms with Crippen LogP contribution in [0.5, 0.6) is 0 Å². The minimum atomic E-state index is -0.401. The van der Waals surface area contributed by atoms with Crippen LogP contribution >= 0.6 is 0 Å². The summed E-state index contributed by atoms with van der Waals surface area (Å²) in [5.74, 6) is -0.101. The number of para-hydroxylation sites is 1. The second-order valence-electron chi connectivity index (χ2n) is 7.41. The van der Waals surface area contributed by atoms with Crippen molar-refractivity contribution >= 4 is 28.5 Å². The molecule has 2 aromatic carbocycles. The summed E-state index contributed by atoms with van der Waals surface area (Å²) in [5.41, 5.74) is 1.43. The van der Waals surface area contributed by atoms with Crippen LogP contribution in [0.15, 0.2) is 53.3 Å². The van der Waals surface area contributed by atoms with Gasteiger partial charge < -0.3 is 15.0 Å². The van der Waals surface area contributed by atoms with Gasteiger partial charge in [-0.2, -0.15) is 0 Å². The summed E-state index contributed by atoms with van der Waals surface area (Å²) in [7, 11) is 0. The van der Waals surface area contributed by atoms with E-state index in [-0.39, 0.29) is 24.1 Å². The van der Waals surface area contributed by atoms with Crippen molar-refractivity contribution in [1.82, 2.24) is 14.9 Å². The van der Waals surface area contributed by atoms with Crippen LogP contribution in [-0.2, 0) is 16.1 Å². The summed E-state index contributed by atoms with van der Waals surface area (Å²) in [6, 6.07) is 13.7. The largest absolute Gasteiger partial charge is 0.459 e. The third-order valence-corrected chi connectivity index (χ3v) is 4.60. The van der Waals surface area contributed by atoms with Gasteiger partial charge in [0.15, 0.2) is 0 Å². The molecule has 0 radical (unpaired) electrons. The van der Waals surface area contributed by atoms with Crippen LogP contribution in [0, 0.1) is 0 Å². The van der Waals surface area contributed by atoms with Gasteiger partial charge in [0, 0.05) is 5.69 Å². The van der Waals surface area contributed by atoms with Crippen molar-refractivity contribution in [2.45, 2.75) is 33.4 Å². The highest BCUT2D eigenvalue weighted by atomic mass is 16.5. The lowest BCUT2D eigenvalue weighted by molar-refractivity contribution is -0.117. The second kappa shape index (κ2) is 9.99. The lowest BCUT2D eigenvalue weighted by Gasteiger charge is -2.19. The molecule has 8 nitrogen and oxygen atoms in total. The maximum atomic E-state index is 12.5. The van der Waals surface area contributed by atoms with E-state index in [0.29, 0.717) is 41.1 Å². The highest BCUT2D eigenvalue weighted by Crippen LogP contribution is 2.12. The van der Waals surface area contributed by atoms with E-state index in [2.05, 4.69) is 15.3 Å². The Balaban J connectivity index is 1.61. The Morgan fingerprint density at radius 1 is 1.13 bits per heavy atom. The fourth-order valence-electron chi connectivity index (χ4n) is 3.08. The summed E-state index contributed by atoms with van der Waals surface area (Å²) in [4.78, 5) is 45.8. The molecule has 1 heterocycles. The number of ether oxygens (including phenoxy) is 1. The molecule has 162 valence electrons. The number of rotatable bonds is 8. The minimum Gasteiger partial charge on any atom is -0.459 e. The van der Waals surface area contributed by atoms with Gasteiger partial charge in [0.2, 0.25) is 5.91 Å². The number of fused-ring (bicyclic) bond motifs is 1. The maximum absolute atomic E-state index is 12.5. The van der Waals surface area contributed by atoms with Gasteiger partial charge in [-0.05, 0) is 56.8 Å². The smallest absolute Gasteiger partial charge is 0.338 e. The van der Waals surface area contributed by atoms with Crippen LogP contribution in [-0.4, -0.2) is 45.9 Å². The third kappa shape index (κ3) is 5.99. The van der Waals surface area contributed by atoms with Gasteiger partial charge in [-0.1, -0.05) is 19.1 Å². The number of aromatic amines is 1. The van der Waals surface area contributed by atoms with E-state index in [0.717, 1.165) is 0 Å². The molecule has 0 saturated heterocycles. The molecular formula is C23H26N4O4. The molecule has 0 bridgehead atoms. The highest BCUT2D eigenvalue weighted by molar-refractivity contribution is 5.94. The quantitative estimate of drug-likeness (QED) is 0.541. The predicted octanol–water partition coefficient (Wildman–Crippen LogP) is 2.95. The van der Waals surface area contributed by atoms with Gasteiger partial charge in [0.25, 0.3) is 5.56 Å². The van der Waals surface area contributed by atoms with Crippen LogP contribution in [0.4, 0.5) is 5.69 Å². The summed E-state index contributed by atoms with van der Waals surface area (Å²) < 4.78 is 5.15. The Morgan fingerprint density at radius 2 is 1.84 bits per heavy atom. The Hall–Kier alpha value is -3.52. The number of nitrogens with one attached hydrogen (secondary N) is 2. The van der Waals surface area contributed by atoms with E-state index < -0.39 is 5.97 Å². The van der Waals surface area contributed by atoms with Crippen LogP contribution < -0.4 is 10.9 Å². The van der Waals surface area contributed by atoms with Gasteiger partial charge in [-0.15, -0.1) is 0 Å². The molecule has 0 saturated carbocycles. The number of esters is 1. The van der Waals surface area contributed by atoms with E-state index in [1.54, 1.807) is 56.3 Å². The molecule has 0 unspecified atom stereocenters. The summed E-state index contributed by atoms with van der Waals surface area (Å²) in [5, 5.41) is 3.35. The molecule has 31 heavy (non-hydrogen) atoms. The first-order chi connectivity index (χ1) is 14.9. The standard InChI is InChI=1S/C23H26N4O4/c1-4-27(13-20-25-19-8-6-5-7-18(19)22(29)26-20)14-21(28)24-17-11-9-16(10-12-17)23(30)31-15(2)3/h5-12,15H,4,13-14H2,1-3H3,(H,24,28)(H,25,26,29). The first-order valence-corrected chi connectivity index (χ1v) is 10.2. The molecule has 0 aliphatic rings. The van der Waals surface area contributed by atoms with Crippen LogP contribution in [0.2, 0.25) is 0 Å². The Kier molecular flexibility index (Phi) is 7.15. The molecule has 0 aliphatic carbocycles. The number of benzene rings is 2. The molecule has 3 rings (SSSR count). The average Bonchev–Trinajstić information content (AvgIpc) is 2.73. The molecule has 0 atom stereocenters. The van der Waals surface area contributed by atoms with Gasteiger partial charge in [0.1, 0.15) is 5.82 Å². The highest BCUT2D eigenvalue weighted by Gasteiger charge is 2.13. The van der Waals surface area contributed by atoms with Crippen LogP contribution in [0.1, 0.15) is 37.0 Å². The molecule has 0 fully saturated rings. The van der Waals surface area contributed by atoms with Crippen LogP contribution in [0.3, 0.4) is 0 Å². The SMILES string of the molecule is CCN(CC(=O)Nc1ccc(C(=O)OC(C)C)cc1)Cc1nc2ccccc2c(=O)[nH]1. The topological polar surface area (TPSA) is 104 Å². The van der Waals surface area contributed by atoms with Crippen molar-refractivity contribution in [3.8, 4) is 0 Å². The van der Waals surface area contributed by atoms with E-state index in [1.807, 2.05) is 17.9 Å². The maximum Gasteiger partial charge on any atom is 0.338 e. The Bertz CT molecular complexity index is 1120. The molecule has 2 N–H and O–H groups in total. The number of likely N-dealkylation sites (N-methyl/N-ethyl adjacent to an activating group) is 1. The monoisotopic (exact) mass is 422 g/mol. The van der Waals surface area contributed by atoms with E-state index in [1.165, 1.54) is 0 Å². The number of carbonyl (C=O) groups is 2. The number of nitrogens with zero attached hydrogens (tertiary/aromatic N) is 2. The Morgan fingerprint density at radius 3 is 2.52 bits per heavy atom. The number of hydrogen-bond acceptors (Lipinski definition) is 6. The summed E-state index contributed by atoms with van der Waals surface area (Å²) in [6.45, 7) is 6.57. The zero-order chi connectivity index (χ0) is 22.4. The Labute approximate surface area is 180 Å². The van der Waals surface area contributed by atoms with E-state index in [9.17, 15) is 14.4 Å². The molecule has 1 aromatic heterocycles. The number of anilines is 1. The van der Waals surface area contributed by atoms with Gasteiger partial charge in [0.05, 0.1) is 35.7 Å².